The number of anilines is 3. The van der Waals surface area contributed by atoms with E-state index in [-0.39, 0.29) is 28.9 Å². The maximum absolute atomic E-state index is 15.1. The summed E-state index contributed by atoms with van der Waals surface area (Å²) in [4.78, 5) is 43.2. The minimum Gasteiger partial charge on any atom is -0.366 e. The van der Waals surface area contributed by atoms with E-state index in [1.807, 2.05) is 12.1 Å². The predicted octanol–water partition coefficient (Wildman–Crippen LogP) is 4.38. The van der Waals surface area contributed by atoms with Crippen LogP contribution in [0.2, 0.25) is 0 Å². The van der Waals surface area contributed by atoms with Crippen molar-refractivity contribution < 1.29 is 14.0 Å². The molecule has 9 nitrogen and oxygen atoms in total. The van der Waals surface area contributed by atoms with E-state index in [0.29, 0.717) is 41.3 Å². The molecular formula is C27H26FN7O2. The Kier molecular flexibility index (Phi) is 5.78. The number of amides is 1. The average molecular weight is 500 g/mol. The van der Waals surface area contributed by atoms with E-state index < -0.39 is 11.7 Å². The van der Waals surface area contributed by atoms with Crippen molar-refractivity contribution in [1.29, 1.82) is 0 Å². The number of likely N-dealkylation sites (tertiary alicyclic amines) is 1. The van der Waals surface area contributed by atoms with Gasteiger partial charge in [0.1, 0.15) is 11.6 Å². The zero-order valence-corrected chi connectivity index (χ0v) is 20.3. The molecule has 1 atom stereocenters. The molecule has 1 aliphatic carbocycles. The van der Waals surface area contributed by atoms with E-state index >= 15 is 4.39 Å². The summed E-state index contributed by atoms with van der Waals surface area (Å²) < 4.78 is 15.1. The number of hydrogen-bond donors (Lipinski definition) is 3. The Morgan fingerprint density at radius 1 is 1.11 bits per heavy atom. The van der Waals surface area contributed by atoms with Crippen LogP contribution in [0.15, 0.2) is 48.9 Å². The molecule has 1 amide bonds. The van der Waals surface area contributed by atoms with Crippen molar-refractivity contribution in [2.75, 3.05) is 24.2 Å². The number of nitrogens with one attached hydrogen (secondary N) is 3. The van der Waals surface area contributed by atoms with Crippen LogP contribution in [0, 0.1) is 5.95 Å². The number of piperidine rings is 1. The maximum Gasteiger partial charge on any atom is 0.226 e. The third-order valence-electron chi connectivity index (χ3n) is 6.99. The smallest absolute Gasteiger partial charge is 0.226 e. The van der Waals surface area contributed by atoms with Gasteiger partial charge in [-0.15, -0.1) is 0 Å². The number of H-pyrrole nitrogens is 1. The molecule has 5 heterocycles. The number of fused-ring (bicyclic) bond motifs is 1. The van der Waals surface area contributed by atoms with Crippen LogP contribution in [-0.2, 0) is 4.79 Å². The topological polar surface area (TPSA) is 116 Å². The summed E-state index contributed by atoms with van der Waals surface area (Å²) in [6.07, 6.45) is 8.33. The zero-order chi connectivity index (χ0) is 25.5. The Balaban J connectivity index is 1.24. The van der Waals surface area contributed by atoms with Gasteiger partial charge in [-0.05, 0) is 49.6 Å². The summed E-state index contributed by atoms with van der Waals surface area (Å²) in [5.74, 6) is -0.00174. The molecule has 2 aliphatic rings. The summed E-state index contributed by atoms with van der Waals surface area (Å²) in [5, 5.41) is 6.92. The summed E-state index contributed by atoms with van der Waals surface area (Å²) in [7, 11) is 1.78. The van der Waals surface area contributed by atoms with E-state index in [4.69, 9.17) is 0 Å². The third-order valence-corrected chi connectivity index (χ3v) is 6.99. The van der Waals surface area contributed by atoms with Gasteiger partial charge in [0.25, 0.3) is 0 Å². The number of carbonyl (C=O) groups excluding carboxylic acids is 2. The van der Waals surface area contributed by atoms with Crippen LogP contribution in [0.5, 0.6) is 0 Å². The SMILES string of the molecule is CN1CCC(Nc2nccc3[nH]cc(C(=O)c4ccc(Nc5ccc(C6CC6)nc5)nc4F)c23)CC1=O. The lowest BCUT2D eigenvalue weighted by Crippen LogP contribution is -2.41. The van der Waals surface area contributed by atoms with Crippen molar-refractivity contribution in [2.24, 2.45) is 0 Å². The molecular weight excluding hydrogens is 473 g/mol. The second-order valence-corrected chi connectivity index (χ2v) is 9.67. The number of aromatic amines is 1. The first-order valence-corrected chi connectivity index (χ1v) is 12.4. The number of ketones is 1. The minimum atomic E-state index is -0.869. The van der Waals surface area contributed by atoms with Crippen molar-refractivity contribution in [2.45, 2.75) is 37.6 Å². The molecule has 37 heavy (non-hydrogen) atoms. The van der Waals surface area contributed by atoms with Crippen LogP contribution in [0.1, 0.15) is 53.2 Å². The fourth-order valence-corrected chi connectivity index (χ4v) is 4.69. The summed E-state index contributed by atoms with van der Waals surface area (Å²) in [5.41, 5.74) is 2.59. The molecule has 2 fully saturated rings. The van der Waals surface area contributed by atoms with E-state index in [2.05, 4.69) is 30.6 Å². The van der Waals surface area contributed by atoms with Crippen LogP contribution in [-0.4, -0.2) is 56.2 Å². The van der Waals surface area contributed by atoms with Crippen molar-refractivity contribution in [3.63, 3.8) is 0 Å². The van der Waals surface area contributed by atoms with Crippen LogP contribution in [0.3, 0.4) is 0 Å². The highest BCUT2D eigenvalue weighted by Gasteiger charge is 2.27. The molecule has 4 aromatic rings. The molecule has 1 unspecified atom stereocenters. The predicted molar refractivity (Wildman–Crippen MR) is 137 cm³/mol. The lowest BCUT2D eigenvalue weighted by atomic mass is 10.0. The number of rotatable bonds is 7. The Morgan fingerprint density at radius 2 is 1.97 bits per heavy atom. The number of pyridine rings is 3. The largest absolute Gasteiger partial charge is 0.366 e. The van der Waals surface area contributed by atoms with Crippen LogP contribution < -0.4 is 10.6 Å². The Bertz CT molecular complexity index is 1500. The van der Waals surface area contributed by atoms with Gasteiger partial charge in [0.15, 0.2) is 5.78 Å². The van der Waals surface area contributed by atoms with E-state index in [0.717, 1.165) is 12.1 Å². The summed E-state index contributed by atoms with van der Waals surface area (Å²) in [6, 6.07) is 8.51. The monoisotopic (exact) mass is 499 g/mol. The van der Waals surface area contributed by atoms with Gasteiger partial charge in [0.2, 0.25) is 11.9 Å². The van der Waals surface area contributed by atoms with Crippen molar-refractivity contribution in [3.8, 4) is 0 Å². The number of nitrogens with zero attached hydrogens (tertiary/aromatic N) is 4. The van der Waals surface area contributed by atoms with Crippen molar-refractivity contribution in [3.05, 3.63) is 71.7 Å². The van der Waals surface area contributed by atoms with Gasteiger partial charge in [-0.25, -0.2) is 9.97 Å². The van der Waals surface area contributed by atoms with Gasteiger partial charge in [-0.1, -0.05) is 0 Å². The Labute approximate surface area is 212 Å². The van der Waals surface area contributed by atoms with Gasteiger partial charge >= 0.3 is 0 Å². The second-order valence-electron chi connectivity index (χ2n) is 9.67. The third kappa shape index (κ3) is 4.62. The van der Waals surface area contributed by atoms with E-state index in [1.165, 1.54) is 18.9 Å². The Morgan fingerprint density at radius 3 is 2.70 bits per heavy atom. The fraction of sp³-hybridized carbons (Fsp3) is 0.296. The van der Waals surface area contributed by atoms with E-state index in [9.17, 15) is 9.59 Å². The second kappa shape index (κ2) is 9.27. The number of carbonyl (C=O) groups is 2. The normalized spacial score (nSPS) is 17.7. The zero-order valence-electron chi connectivity index (χ0n) is 20.3. The van der Waals surface area contributed by atoms with Crippen LogP contribution in [0.4, 0.5) is 21.7 Å². The lowest BCUT2D eigenvalue weighted by molar-refractivity contribution is -0.132. The molecule has 0 bridgehead atoms. The summed E-state index contributed by atoms with van der Waals surface area (Å²) in [6.45, 7) is 0.642. The number of hydrogen-bond acceptors (Lipinski definition) is 7. The molecule has 4 aromatic heterocycles. The molecule has 10 heteroatoms. The molecule has 0 spiro atoms. The minimum absolute atomic E-state index is 0.0535. The van der Waals surface area contributed by atoms with E-state index in [1.54, 1.807) is 42.7 Å². The fourth-order valence-electron chi connectivity index (χ4n) is 4.69. The molecule has 0 radical (unpaired) electrons. The van der Waals surface area contributed by atoms with Crippen molar-refractivity contribution >= 4 is 39.9 Å². The summed E-state index contributed by atoms with van der Waals surface area (Å²) >= 11 is 0. The molecule has 188 valence electrons. The average Bonchev–Trinajstić information content (AvgIpc) is 3.65. The first-order chi connectivity index (χ1) is 18.0. The standard InChI is InChI=1S/C27H26FN7O2/c1-35-11-9-16(12-23(35)36)33-27-24-19(14-31-21(24)8-10-29-27)25(37)18-5-7-22(34-26(18)28)32-17-4-6-20(30-13-17)15-2-3-15/h4-8,10,13-16,31H,2-3,9,11-12H2,1H3,(H,29,33)(H,32,34). The highest BCUT2D eigenvalue weighted by Crippen LogP contribution is 2.39. The van der Waals surface area contributed by atoms with Crippen LogP contribution >= 0.6 is 0 Å². The molecule has 1 aliphatic heterocycles. The van der Waals surface area contributed by atoms with Gasteiger partial charge in [-0.2, -0.15) is 4.39 Å². The first-order valence-electron chi connectivity index (χ1n) is 12.4. The first kappa shape index (κ1) is 23.1. The highest BCUT2D eigenvalue weighted by molar-refractivity contribution is 6.18. The van der Waals surface area contributed by atoms with Crippen molar-refractivity contribution in [1.82, 2.24) is 24.8 Å². The molecule has 1 saturated heterocycles. The quantitative estimate of drug-likeness (QED) is 0.255. The van der Waals surface area contributed by atoms with Gasteiger partial charge in [0, 0.05) is 50.1 Å². The number of halogens is 1. The molecule has 1 saturated carbocycles. The molecule has 6 rings (SSSR count). The van der Waals surface area contributed by atoms with Gasteiger partial charge in [0.05, 0.1) is 33.9 Å². The maximum atomic E-state index is 15.1. The molecule has 0 aromatic carbocycles. The lowest BCUT2D eigenvalue weighted by Gasteiger charge is -2.29. The highest BCUT2D eigenvalue weighted by atomic mass is 19.1. The Hall–Kier alpha value is -4.34. The van der Waals surface area contributed by atoms with Gasteiger partial charge < -0.3 is 20.5 Å². The number of aromatic nitrogens is 4. The van der Waals surface area contributed by atoms with Crippen LogP contribution in [0.25, 0.3) is 10.9 Å². The molecule has 3 N–H and O–H groups in total. The van der Waals surface area contributed by atoms with Gasteiger partial charge in [-0.3, -0.25) is 14.6 Å².